The SMILES string of the molecule is CCCNc1ccc(C(=O)N(CC)C2CCCC2)cc1. The average Bonchev–Trinajstić information content (AvgIpc) is 3.00. The maximum atomic E-state index is 12.6. The van der Waals surface area contributed by atoms with Gasteiger partial charge in [-0.3, -0.25) is 4.79 Å². The zero-order valence-electron chi connectivity index (χ0n) is 12.7. The summed E-state index contributed by atoms with van der Waals surface area (Å²) in [5.74, 6) is 0.182. The summed E-state index contributed by atoms with van der Waals surface area (Å²) < 4.78 is 0. The normalized spacial score (nSPS) is 15.3. The Hall–Kier alpha value is -1.51. The summed E-state index contributed by atoms with van der Waals surface area (Å²) >= 11 is 0. The number of benzene rings is 1. The number of nitrogens with one attached hydrogen (secondary N) is 1. The van der Waals surface area contributed by atoms with Crippen LogP contribution in [0.5, 0.6) is 0 Å². The van der Waals surface area contributed by atoms with Gasteiger partial charge in [-0.05, 0) is 50.5 Å². The van der Waals surface area contributed by atoms with Crippen LogP contribution in [0, 0.1) is 0 Å². The first-order chi connectivity index (χ1) is 9.76. The first-order valence-corrected chi connectivity index (χ1v) is 7.91. The Morgan fingerprint density at radius 1 is 1.20 bits per heavy atom. The first-order valence-electron chi connectivity index (χ1n) is 7.91. The molecule has 1 aliphatic rings. The summed E-state index contributed by atoms with van der Waals surface area (Å²) in [6.07, 6.45) is 5.94. The summed E-state index contributed by atoms with van der Waals surface area (Å²) in [5.41, 5.74) is 1.90. The van der Waals surface area contributed by atoms with Crippen molar-refractivity contribution in [2.45, 2.75) is 52.0 Å². The fourth-order valence-corrected chi connectivity index (χ4v) is 2.95. The number of hydrogen-bond acceptors (Lipinski definition) is 2. The Labute approximate surface area is 122 Å². The van der Waals surface area contributed by atoms with Gasteiger partial charge in [-0.25, -0.2) is 0 Å². The quantitative estimate of drug-likeness (QED) is 0.853. The molecule has 1 saturated carbocycles. The molecule has 0 aliphatic heterocycles. The van der Waals surface area contributed by atoms with Crippen molar-refractivity contribution in [3.05, 3.63) is 29.8 Å². The summed E-state index contributed by atoms with van der Waals surface area (Å²) in [4.78, 5) is 14.6. The molecule has 1 aromatic carbocycles. The van der Waals surface area contributed by atoms with Crippen molar-refractivity contribution < 1.29 is 4.79 Å². The second-order valence-corrected chi connectivity index (χ2v) is 5.53. The molecule has 0 saturated heterocycles. The number of carbonyl (C=O) groups excluding carboxylic acids is 1. The molecule has 0 atom stereocenters. The van der Waals surface area contributed by atoms with Gasteiger partial charge in [0.15, 0.2) is 0 Å². The van der Waals surface area contributed by atoms with Gasteiger partial charge >= 0.3 is 0 Å². The Bertz CT molecular complexity index is 421. The van der Waals surface area contributed by atoms with Crippen molar-refractivity contribution >= 4 is 11.6 Å². The van der Waals surface area contributed by atoms with Crippen molar-refractivity contribution in [2.24, 2.45) is 0 Å². The largest absolute Gasteiger partial charge is 0.385 e. The molecule has 20 heavy (non-hydrogen) atoms. The molecule has 1 N–H and O–H groups in total. The highest BCUT2D eigenvalue weighted by Gasteiger charge is 2.25. The lowest BCUT2D eigenvalue weighted by Crippen LogP contribution is -2.38. The van der Waals surface area contributed by atoms with Crippen molar-refractivity contribution in [3.63, 3.8) is 0 Å². The standard InChI is InChI=1S/C17H26N2O/c1-3-13-18-15-11-9-14(10-12-15)17(20)19(4-2)16-7-5-6-8-16/h9-12,16,18H,3-8,13H2,1-2H3. The Morgan fingerprint density at radius 2 is 1.85 bits per heavy atom. The monoisotopic (exact) mass is 274 g/mol. The van der Waals surface area contributed by atoms with Gasteiger partial charge in [-0.1, -0.05) is 19.8 Å². The average molecular weight is 274 g/mol. The molecule has 0 unspecified atom stereocenters. The molecule has 1 fully saturated rings. The minimum Gasteiger partial charge on any atom is -0.385 e. The van der Waals surface area contributed by atoms with Gasteiger partial charge < -0.3 is 10.2 Å². The fraction of sp³-hybridized carbons (Fsp3) is 0.588. The number of rotatable bonds is 6. The fourth-order valence-electron chi connectivity index (χ4n) is 2.95. The van der Waals surface area contributed by atoms with Crippen molar-refractivity contribution in [3.8, 4) is 0 Å². The molecule has 3 heteroatoms. The number of anilines is 1. The van der Waals surface area contributed by atoms with Crippen LogP contribution < -0.4 is 5.32 Å². The smallest absolute Gasteiger partial charge is 0.254 e. The van der Waals surface area contributed by atoms with E-state index >= 15 is 0 Å². The second-order valence-electron chi connectivity index (χ2n) is 5.53. The van der Waals surface area contributed by atoms with Crippen molar-refractivity contribution in [2.75, 3.05) is 18.4 Å². The number of nitrogens with zero attached hydrogens (tertiary/aromatic N) is 1. The Balaban J connectivity index is 2.03. The highest BCUT2D eigenvalue weighted by Crippen LogP contribution is 2.25. The Kier molecular flexibility index (Phi) is 5.45. The summed E-state index contributed by atoms with van der Waals surface area (Å²) in [6, 6.07) is 8.34. The lowest BCUT2D eigenvalue weighted by atomic mass is 10.1. The molecular formula is C17H26N2O. The molecule has 1 amide bonds. The van der Waals surface area contributed by atoms with Crippen LogP contribution in [0.25, 0.3) is 0 Å². The first kappa shape index (κ1) is 14.9. The van der Waals surface area contributed by atoms with Crippen LogP contribution in [0.1, 0.15) is 56.3 Å². The van der Waals surface area contributed by atoms with E-state index in [1.807, 2.05) is 29.2 Å². The topological polar surface area (TPSA) is 32.3 Å². The van der Waals surface area contributed by atoms with Crippen LogP contribution in [0.3, 0.4) is 0 Å². The van der Waals surface area contributed by atoms with Crippen LogP contribution in [0.2, 0.25) is 0 Å². The number of carbonyl (C=O) groups is 1. The number of hydrogen-bond donors (Lipinski definition) is 1. The van der Waals surface area contributed by atoms with E-state index in [2.05, 4.69) is 19.2 Å². The third kappa shape index (κ3) is 3.53. The molecule has 0 heterocycles. The minimum atomic E-state index is 0.182. The molecule has 3 nitrogen and oxygen atoms in total. The third-order valence-corrected chi connectivity index (χ3v) is 4.08. The van der Waals surface area contributed by atoms with Crippen LogP contribution in [0.4, 0.5) is 5.69 Å². The summed E-state index contributed by atoms with van der Waals surface area (Å²) in [7, 11) is 0. The highest BCUT2D eigenvalue weighted by atomic mass is 16.2. The lowest BCUT2D eigenvalue weighted by molar-refractivity contribution is 0.0693. The zero-order valence-corrected chi connectivity index (χ0v) is 12.7. The van der Waals surface area contributed by atoms with E-state index in [-0.39, 0.29) is 5.91 Å². The highest BCUT2D eigenvalue weighted by molar-refractivity contribution is 5.94. The van der Waals surface area contributed by atoms with Gasteiger partial charge in [0.1, 0.15) is 0 Å². The lowest BCUT2D eigenvalue weighted by Gasteiger charge is -2.27. The predicted molar refractivity (Wildman–Crippen MR) is 84.2 cm³/mol. The molecule has 0 aromatic heterocycles. The Morgan fingerprint density at radius 3 is 2.40 bits per heavy atom. The van der Waals surface area contributed by atoms with Gasteiger partial charge in [0.2, 0.25) is 0 Å². The van der Waals surface area contributed by atoms with Crippen LogP contribution in [0.15, 0.2) is 24.3 Å². The van der Waals surface area contributed by atoms with Gasteiger partial charge in [0.05, 0.1) is 0 Å². The maximum Gasteiger partial charge on any atom is 0.254 e. The summed E-state index contributed by atoms with van der Waals surface area (Å²) in [6.45, 7) is 5.99. The van der Waals surface area contributed by atoms with Crippen molar-refractivity contribution in [1.29, 1.82) is 0 Å². The molecule has 1 aromatic rings. The van der Waals surface area contributed by atoms with Crippen LogP contribution in [-0.2, 0) is 0 Å². The van der Waals surface area contributed by atoms with Gasteiger partial charge in [-0.15, -0.1) is 0 Å². The van der Waals surface area contributed by atoms with E-state index < -0.39 is 0 Å². The van der Waals surface area contributed by atoms with Gasteiger partial charge in [-0.2, -0.15) is 0 Å². The molecule has 0 bridgehead atoms. The summed E-state index contributed by atoms with van der Waals surface area (Å²) in [5, 5.41) is 3.33. The van der Waals surface area contributed by atoms with E-state index in [1.54, 1.807) is 0 Å². The van der Waals surface area contributed by atoms with E-state index in [9.17, 15) is 4.79 Å². The number of amides is 1. The van der Waals surface area contributed by atoms with E-state index in [1.165, 1.54) is 12.8 Å². The maximum absolute atomic E-state index is 12.6. The van der Waals surface area contributed by atoms with Crippen LogP contribution in [-0.4, -0.2) is 29.9 Å². The molecular weight excluding hydrogens is 248 g/mol. The van der Waals surface area contributed by atoms with E-state index in [0.717, 1.165) is 43.6 Å². The molecule has 110 valence electrons. The minimum absolute atomic E-state index is 0.182. The molecule has 1 aliphatic carbocycles. The van der Waals surface area contributed by atoms with Crippen LogP contribution >= 0.6 is 0 Å². The van der Waals surface area contributed by atoms with E-state index in [4.69, 9.17) is 0 Å². The van der Waals surface area contributed by atoms with Crippen molar-refractivity contribution in [1.82, 2.24) is 4.90 Å². The third-order valence-electron chi connectivity index (χ3n) is 4.08. The molecule has 0 spiro atoms. The molecule has 2 rings (SSSR count). The predicted octanol–water partition coefficient (Wildman–Crippen LogP) is 3.91. The zero-order chi connectivity index (χ0) is 14.4. The van der Waals surface area contributed by atoms with Gasteiger partial charge in [0, 0.05) is 30.4 Å². The molecule has 0 radical (unpaired) electrons. The van der Waals surface area contributed by atoms with Gasteiger partial charge in [0.25, 0.3) is 5.91 Å². The van der Waals surface area contributed by atoms with E-state index in [0.29, 0.717) is 6.04 Å². The second kappa shape index (κ2) is 7.32.